The molecule has 0 bridgehead atoms. The summed E-state index contributed by atoms with van der Waals surface area (Å²) in [4.78, 5) is 11.9. The third-order valence-corrected chi connectivity index (χ3v) is 5.91. The van der Waals surface area contributed by atoms with Crippen molar-refractivity contribution < 1.29 is 18.3 Å². The van der Waals surface area contributed by atoms with E-state index in [1.807, 2.05) is 0 Å². The van der Waals surface area contributed by atoms with Gasteiger partial charge in [0.2, 0.25) is 5.91 Å². The van der Waals surface area contributed by atoms with Crippen molar-refractivity contribution in [1.82, 2.24) is 5.32 Å². The smallest absolute Gasteiger partial charge is 0.220 e. The van der Waals surface area contributed by atoms with Crippen LogP contribution in [-0.4, -0.2) is 43.1 Å². The number of sulfone groups is 1. The monoisotopic (exact) mass is 275 g/mol. The third kappa shape index (κ3) is 3.23. The second-order valence-corrected chi connectivity index (χ2v) is 7.90. The summed E-state index contributed by atoms with van der Waals surface area (Å²) in [6, 6.07) is 0. The average Bonchev–Trinajstić information content (AvgIpc) is 2.86. The number of nitrogens with one attached hydrogen (secondary N) is 1. The first-order chi connectivity index (χ1) is 8.45. The Bertz CT molecular complexity index is 412. The lowest BCUT2D eigenvalue weighted by atomic mass is 9.97. The maximum atomic E-state index is 11.9. The lowest BCUT2D eigenvalue weighted by Gasteiger charge is -2.28. The highest BCUT2D eigenvalue weighted by atomic mass is 32.2. The van der Waals surface area contributed by atoms with Gasteiger partial charge in [0.1, 0.15) is 0 Å². The molecule has 0 radical (unpaired) electrons. The van der Waals surface area contributed by atoms with Crippen LogP contribution in [-0.2, 0) is 14.6 Å². The van der Waals surface area contributed by atoms with Crippen molar-refractivity contribution in [2.75, 3.05) is 18.1 Å². The third-order valence-electron chi connectivity index (χ3n) is 4.07. The van der Waals surface area contributed by atoms with Crippen molar-refractivity contribution in [3.63, 3.8) is 0 Å². The van der Waals surface area contributed by atoms with Crippen molar-refractivity contribution in [3.05, 3.63) is 0 Å². The van der Waals surface area contributed by atoms with Gasteiger partial charge in [0.15, 0.2) is 9.84 Å². The molecule has 1 aliphatic carbocycles. The van der Waals surface area contributed by atoms with Crippen LogP contribution in [0.15, 0.2) is 0 Å². The van der Waals surface area contributed by atoms with E-state index in [0.717, 1.165) is 25.7 Å². The molecule has 2 N–H and O–H groups in total. The molecule has 1 unspecified atom stereocenters. The van der Waals surface area contributed by atoms with Crippen molar-refractivity contribution in [2.24, 2.45) is 5.92 Å². The Labute approximate surface area is 108 Å². The van der Waals surface area contributed by atoms with Crippen LogP contribution in [0.3, 0.4) is 0 Å². The van der Waals surface area contributed by atoms with Gasteiger partial charge in [0, 0.05) is 6.42 Å². The molecule has 104 valence electrons. The highest BCUT2D eigenvalue weighted by Gasteiger charge is 2.36. The largest absolute Gasteiger partial charge is 0.394 e. The van der Waals surface area contributed by atoms with Crippen LogP contribution in [0.5, 0.6) is 0 Å². The van der Waals surface area contributed by atoms with E-state index >= 15 is 0 Å². The molecule has 18 heavy (non-hydrogen) atoms. The van der Waals surface area contributed by atoms with Crippen LogP contribution in [0.25, 0.3) is 0 Å². The van der Waals surface area contributed by atoms with E-state index in [-0.39, 0.29) is 36.4 Å². The fourth-order valence-electron chi connectivity index (χ4n) is 3.02. The van der Waals surface area contributed by atoms with Gasteiger partial charge in [-0.3, -0.25) is 4.79 Å². The standard InChI is InChI=1S/C12H21NO4S/c14-9-12(4-1-2-5-12)13-11(15)7-10-3-6-18(16,17)8-10/h10,14H,1-9H2,(H,13,15). The molecule has 1 atom stereocenters. The van der Waals surface area contributed by atoms with E-state index in [1.165, 1.54) is 0 Å². The summed E-state index contributed by atoms with van der Waals surface area (Å²) in [6.07, 6.45) is 4.54. The number of aliphatic hydroxyl groups is 1. The molecular weight excluding hydrogens is 254 g/mol. The normalized spacial score (nSPS) is 29.3. The van der Waals surface area contributed by atoms with Crippen LogP contribution in [0, 0.1) is 5.92 Å². The Morgan fingerprint density at radius 2 is 2.00 bits per heavy atom. The molecule has 1 amide bonds. The quantitative estimate of drug-likeness (QED) is 0.769. The van der Waals surface area contributed by atoms with Crippen LogP contribution < -0.4 is 5.32 Å². The summed E-state index contributed by atoms with van der Waals surface area (Å²) in [7, 11) is -2.92. The van der Waals surface area contributed by atoms with Crippen LogP contribution in [0.4, 0.5) is 0 Å². The number of aliphatic hydroxyl groups excluding tert-OH is 1. The van der Waals surface area contributed by atoms with E-state index in [0.29, 0.717) is 6.42 Å². The van der Waals surface area contributed by atoms with Crippen LogP contribution >= 0.6 is 0 Å². The maximum Gasteiger partial charge on any atom is 0.220 e. The van der Waals surface area contributed by atoms with Gasteiger partial charge in [0.05, 0.1) is 23.7 Å². The van der Waals surface area contributed by atoms with Crippen molar-refractivity contribution >= 4 is 15.7 Å². The van der Waals surface area contributed by atoms with E-state index in [2.05, 4.69) is 5.32 Å². The number of amides is 1. The molecule has 0 aromatic rings. The second-order valence-electron chi connectivity index (χ2n) is 5.67. The van der Waals surface area contributed by atoms with Gasteiger partial charge in [-0.15, -0.1) is 0 Å². The van der Waals surface area contributed by atoms with E-state index in [4.69, 9.17) is 0 Å². The van der Waals surface area contributed by atoms with E-state index in [9.17, 15) is 18.3 Å². The highest BCUT2D eigenvalue weighted by molar-refractivity contribution is 7.91. The zero-order valence-corrected chi connectivity index (χ0v) is 11.3. The lowest BCUT2D eigenvalue weighted by Crippen LogP contribution is -2.49. The minimum absolute atomic E-state index is 0.0261. The minimum atomic E-state index is -2.92. The topological polar surface area (TPSA) is 83.5 Å². The highest BCUT2D eigenvalue weighted by Crippen LogP contribution is 2.30. The van der Waals surface area contributed by atoms with E-state index in [1.54, 1.807) is 0 Å². The number of carbonyl (C=O) groups excluding carboxylic acids is 1. The fraction of sp³-hybridized carbons (Fsp3) is 0.917. The average molecular weight is 275 g/mol. The molecule has 2 aliphatic rings. The molecule has 1 aliphatic heterocycles. The fourth-order valence-corrected chi connectivity index (χ4v) is 4.88. The summed E-state index contributed by atoms with van der Waals surface area (Å²) in [5.41, 5.74) is -0.450. The molecule has 1 saturated heterocycles. The summed E-state index contributed by atoms with van der Waals surface area (Å²) in [6.45, 7) is -0.0261. The van der Waals surface area contributed by atoms with Crippen molar-refractivity contribution in [1.29, 1.82) is 0 Å². The van der Waals surface area contributed by atoms with Gasteiger partial charge in [-0.05, 0) is 25.2 Å². The maximum absolute atomic E-state index is 11.9. The molecule has 2 rings (SSSR count). The minimum Gasteiger partial charge on any atom is -0.394 e. The first-order valence-electron chi connectivity index (χ1n) is 6.57. The number of hydrogen-bond donors (Lipinski definition) is 2. The summed E-state index contributed by atoms with van der Waals surface area (Å²) in [5, 5.41) is 12.3. The predicted molar refractivity (Wildman–Crippen MR) is 67.8 cm³/mol. The zero-order chi connectivity index (χ0) is 13.2. The Balaban J connectivity index is 1.85. The number of carbonyl (C=O) groups is 1. The molecule has 2 fully saturated rings. The number of rotatable bonds is 4. The van der Waals surface area contributed by atoms with Crippen LogP contribution in [0.1, 0.15) is 38.5 Å². The summed E-state index contributed by atoms with van der Waals surface area (Å²) >= 11 is 0. The molecule has 5 nitrogen and oxygen atoms in total. The van der Waals surface area contributed by atoms with Gasteiger partial charge in [0.25, 0.3) is 0 Å². The van der Waals surface area contributed by atoms with Gasteiger partial charge in [-0.25, -0.2) is 8.42 Å². The SMILES string of the molecule is O=C(CC1CCS(=O)(=O)C1)NC1(CO)CCCC1. The zero-order valence-electron chi connectivity index (χ0n) is 10.5. The van der Waals surface area contributed by atoms with Crippen LogP contribution in [0.2, 0.25) is 0 Å². The molecule has 1 saturated carbocycles. The summed E-state index contributed by atoms with van der Waals surface area (Å²) in [5.74, 6) is 0.169. The lowest BCUT2D eigenvalue weighted by molar-refractivity contribution is -0.124. The first kappa shape index (κ1) is 13.8. The Kier molecular flexibility index (Phi) is 3.96. The molecule has 0 aromatic carbocycles. The first-order valence-corrected chi connectivity index (χ1v) is 8.39. The predicted octanol–water partition coefficient (Wildman–Crippen LogP) is 0.232. The Morgan fingerprint density at radius 1 is 1.33 bits per heavy atom. The Hall–Kier alpha value is -0.620. The Morgan fingerprint density at radius 3 is 2.50 bits per heavy atom. The van der Waals surface area contributed by atoms with Gasteiger partial charge < -0.3 is 10.4 Å². The van der Waals surface area contributed by atoms with Gasteiger partial charge in [-0.2, -0.15) is 0 Å². The van der Waals surface area contributed by atoms with Crippen molar-refractivity contribution in [3.8, 4) is 0 Å². The van der Waals surface area contributed by atoms with E-state index < -0.39 is 15.4 Å². The molecule has 6 heteroatoms. The molecule has 1 heterocycles. The molecular formula is C12H21NO4S. The second kappa shape index (κ2) is 5.17. The van der Waals surface area contributed by atoms with Gasteiger partial charge in [-0.1, -0.05) is 12.8 Å². The molecule has 0 spiro atoms. The molecule has 0 aromatic heterocycles. The summed E-state index contributed by atoms with van der Waals surface area (Å²) < 4.78 is 22.6. The number of hydrogen-bond acceptors (Lipinski definition) is 4. The van der Waals surface area contributed by atoms with Crippen molar-refractivity contribution in [2.45, 2.75) is 44.1 Å². The van der Waals surface area contributed by atoms with Gasteiger partial charge >= 0.3 is 0 Å².